The van der Waals surface area contributed by atoms with Gasteiger partial charge in [0.25, 0.3) is 0 Å². The number of thiophene rings is 1. The van der Waals surface area contributed by atoms with Crippen LogP contribution in [0.5, 0.6) is 0 Å². The number of carbonyl (C=O) groups is 3. The van der Waals surface area contributed by atoms with Gasteiger partial charge < -0.3 is 34.4 Å². The fourth-order valence-corrected chi connectivity index (χ4v) is 1.66. The zero-order valence-electron chi connectivity index (χ0n) is 15.0. The summed E-state index contributed by atoms with van der Waals surface area (Å²) in [6, 6.07) is 3.70. The Morgan fingerprint density at radius 1 is 1.11 bits per heavy atom. The van der Waals surface area contributed by atoms with Gasteiger partial charge in [-0.05, 0) is 55.7 Å². The second-order valence-electron chi connectivity index (χ2n) is 4.09. The van der Waals surface area contributed by atoms with Gasteiger partial charge in [-0.1, -0.05) is 6.07 Å². The van der Waals surface area contributed by atoms with Crippen LogP contribution >= 0.6 is 11.3 Å². The summed E-state index contributed by atoms with van der Waals surface area (Å²) in [4.78, 5) is 28.6. The van der Waals surface area contributed by atoms with Gasteiger partial charge in [0.15, 0.2) is 0 Å². The minimum Gasteiger partial charge on any atom is -0.550 e. The summed E-state index contributed by atoms with van der Waals surface area (Å²) in [6.45, 7) is 1.94. The van der Waals surface area contributed by atoms with E-state index in [-0.39, 0.29) is 27.3 Å². The molecule has 0 atom stereocenters. The molecule has 0 saturated carbocycles. The predicted octanol–water partition coefficient (Wildman–Crippen LogP) is -0.911. The molecule has 0 bridgehead atoms. The van der Waals surface area contributed by atoms with Crippen molar-refractivity contribution in [1.29, 1.82) is 0 Å². The molecule has 5 radical (unpaired) electrons. The Balaban J connectivity index is -0.000000305. The molecule has 145 valence electrons. The van der Waals surface area contributed by atoms with Crippen LogP contribution in [0.4, 0.5) is 0 Å². The molecule has 1 aliphatic carbocycles. The van der Waals surface area contributed by atoms with Crippen LogP contribution in [0, 0.1) is 6.42 Å². The van der Waals surface area contributed by atoms with Crippen molar-refractivity contribution in [2.75, 3.05) is 7.11 Å². The number of allylic oxidation sites excluding steroid dienone is 2. The van der Waals surface area contributed by atoms with Crippen LogP contribution in [0.25, 0.3) is 6.08 Å². The number of hydrogen-bond acceptors (Lipinski definition) is 8. The normalized spacial score (nSPS) is 10.4. The number of hydrogen-bond donors (Lipinski definition) is 0. The first-order valence-corrected chi connectivity index (χ1v) is 7.84. The van der Waals surface area contributed by atoms with Crippen LogP contribution in [0.2, 0.25) is 0 Å². The van der Waals surface area contributed by atoms with Gasteiger partial charge in [0.2, 0.25) is 0 Å². The largest absolute Gasteiger partial charge is 0.550 e. The number of carbonyl (C=O) groups excluding carboxylic acids is 3. The number of rotatable bonds is 3. The van der Waals surface area contributed by atoms with E-state index in [0.717, 1.165) is 30.6 Å². The van der Waals surface area contributed by atoms with Crippen molar-refractivity contribution < 1.29 is 34.4 Å². The molecule has 1 aromatic rings. The van der Waals surface area contributed by atoms with E-state index in [1.54, 1.807) is 7.11 Å². The SMILES string of the molecule is CC(=O)[O-].CC(=O)[O-].COC1=CC=C=C[CH]1.O=C([O-])/C=C/c1cccs1.[Pb]. The summed E-state index contributed by atoms with van der Waals surface area (Å²) >= 11 is 1.49. The average Bonchev–Trinajstić information content (AvgIpc) is 3.07. The molecule has 0 saturated heterocycles. The smallest absolute Gasteiger partial charge is 0.105 e. The Kier molecular flexibility index (Phi) is 22.1. The number of methoxy groups -OCH3 is 1. The monoisotopic (exact) mass is 586 g/mol. The minimum absolute atomic E-state index is 0. The van der Waals surface area contributed by atoms with Crippen LogP contribution in [0.3, 0.4) is 0 Å². The van der Waals surface area contributed by atoms with Crippen LogP contribution in [0.1, 0.15) is 18.7 Å². The third kappa shape index (κ3) is 28.9. The molecule has 1 aliphatic rings. The quantitative estimate of drug-likeness (QED) is 0.255. The first-order valence-electron chi connectivity index (χ1n) is 6.96. The summed E-state index contributed by atoms with van der Waals surface area (Å²) in [6.07, 6.45) is 9.89. The zero-order chi connectivity index (χ0) is 20.4. The Labute approximate surface area is 182 Å². The van der Waals surface area contributed by atoms with Gasteiger partial charge in [-0.3, -0.25) is 0 Å². The van der Waals surface area contributed by atoms with E-state index >= 15 is 0 Å². The van der Waals surface area contributed by atoms with E-state index in [1.807, 2.05) is 42.2 Å². The van der Waals surface area contributed by atoms with Gasteiger partial charge in [-0.15, -0.1) is 17.1 Å². The molecule has 0 aliphatic heterocycles. The minimum atomic E-state index is -1.16. The maximum atomic E-state index is 9.90. The van der Waals surface area contributed by atoms with Crippen molar-refractivity contribution in [3.8, 4) is 0 Å². The number of carboxylic acid groups (broad SMARTS) is 3. The van der Waals surface area contributed by atoms with Crippen molar-refractivity contribution in [3.63, 3.8) is 0 Å². The molecule has 9 heteroatoms. The van der Waals surface area contributed by atoms with Gasteiger partial charge in [0.05, 0.1) is 19.5 Å². The molecule has 1 aromatic heterocycles. The van der Waals surface area contributed by atoms with E-state index in [4.69, 9.17) is 24.5 Å². The summed E-state index contributed by atoms with van der Waals surface area (Å²) in [7, 11) is 1.65. The summed E-state index contributed by atoms with van der Waals surface area (Å²) < 4.78 is 4.89. The van der Waals surface area contributed by atoms with Crippen molar-refractivity contribution in [3.05, 3.63) is 64.6 Å². The molecule has 0 spiro atoms. The van der Waals surface area contributed by atoms with E-state index < -0.39 is 17.9 Å². The average molecular weight is 586 g/mol. The van der Waals surface area contributed by atoms with Gasteiger partial charge in [0.1, 0.15) is 5.76 Å². The van der Waals surface area contributed by atoms with Gasteiger partial charge in [-0.25, -0.2) is 0 Å². The van der Waals surface area contributed by atoms with E-state index in [2.05, 4.69) is 5.73 Å². The maximum Gasteiger partial charge on any atom is 0.105 e. The third-order valence-corrected chi connectivity index (χ3v) is 2.69. The van der Waals surface area contributed by atoms with E-state index in [9.17, 15) is 9.90 Å². The fourth-order valence-electron chi connectivity index (χ4n) is 1.04. The number of carboxylic acids is 3. The molecule has 27 heavy (non-hydrogen) atoms. The molecule has 1 heterocycles. The van der Waals surface area contributed by atoms with Crippen LogP contribution in [-0.4, -0.2) is 52.3 Å². The van der Waals surface area contributed by atoms with Crippen molar-refractivity contribution >= 4 is 62.6 Å². The Bertz CT molecular complexity index is 650. The van der Waals surface area contributed by atoms with Crippen molar-refractivity contribution in [2.45, 2.75) is 13.8 Å². The fraction of sp³-hybridized carbons (Fsp3) is 0.167. The molecule has 0 aromatic carbocycles. The molecule has 2 rings (SSSR count). The molecule has 0 fully saturated rings. The first-order chi connectivity index (χ1) is 12.2. The van der Waals surface area contributed by atoms with Crippen molar-refractivity contribution in [2.24, 2.45) is 0 Å². The predicted molar refractivity (Wildman–Crippen MR) is 97.5 cm³/mol. The van der Waals surface area contributed by atoms with E-state index in [0.29, 0.717) is 0 Å². The van der Waals surface area contributed by atoms with Gasteiger partial charge >= 0.3 is 0 Å². The second kappa shape index (κ2) is 20.1. The topological polar surface area (TPSA) is 130 Å². The van der Waals surface area contributed by atoms with E-state index in [1.165, 1.54) is 17.4 Å². The summed E-state index contributed by atoms with van der Waals surface area (Å²) in [5, 5.41) is 29.6. The van der Waals surface area contributed by atoms with Gasteiger partial charge in [0, 0.05) is 44.1 Å². The van der Waals surface area contributed by atoms with Crippen molar-refractivity contribution in [1.82, 2.24) is 0 Å². The summed E-state index contributed by atoms with van der Waals surface area (Å²) in [5.74, 6) is -2.45. The van der Waals surface area contributed by atoms with Crippen LogP contribution in [-0.2, 0) is 19.1 Å². The molecule has 0 amide bonds. The van der Waals surface area contributed by atoms with Crippen LogP contribution in [0.15, 0.2) is 53.3 Å². The van der Waals surface area contributed by atoms with Gasteiger partial charge in [-0.2, -0.15) is 0 Å². The molecule has 0 N–H and O–H groups in total. The Morgan fingerprint density at radius 3 is 1.96 bits per heavy atom. The molecule has 0 unspecified atom stereocenters. The molecular formula is C18H18O7PbS-3. The Morgan fingerprint density at radius 2 is 1.67 bits per heavy atom. The maximum absolute atomic E-state index is 9.90. The second-order valence-corrected chi connectivity index (χ2v) is 5.07. The number of ether oxygens (including phenoxy) is 1. The Hall–Kier alpha value is -2.17. The van der Waals surface area contributed by atoms with Crippen LogP contribution < -0.4 is 15.3 Å². The standard InChI is InChI=1S/C7H6O2S.C7H7O.2C2H4O2.Pb/c8-7(9)4-3-6-2-1-5-10-6;1-8-7-5-3-2-4-6-7;2*1-2(3)4;/h1-5H,(H,8,9);3-6H,1H3;2*1H3,(H,3,4);/p-3/b4-3+;;;;. The first kappa shape index (κ1) is 29.6. The zero-order valence-corrected chi connectivity index (χ0v) is 19.7. The summed E-state index contributed by atoms with van der Waals surface area (Å²) in [5.41, 5.74) is 2.89. The molecular weight excluding hydrogens is 567 g/mol. The third-order valence-electron chi connectivity index (χ3n) is 1.85. The number of aliphatic carboxylic acids is 3. The molecule has 7 nitrogen and oxygen atoms in total.